The van der Waals surface area contributed by atoms with Crippen LogP contribution in [-0.2, 0) is 4.79 Å². The molecule has 1 aliphatic heterocycles. The second-order valence-electron chi connectivity index (χ2n) is 6.89. The zero-order valence-electron chi connectivity index (χ0n) is 16.6. The molecule has 0 radical (unpaired) electrons. The van der Waals surface area contributed by atoms with E-state index in [1.807, 2.05) is 0 Å². The van der Waals surface area contributed by atoms with E-state index >= 15 is 0 Å². The van der Waals surface area contributed by atoms with E-state index in [2.05, 4.69) is 0 Å². The van der Waals surface area contributed by atoms with Crippen molar-refractivity contribution in [2.75, 3.05) is 33.3 Å². The standard InChI is InChI=1S/C22H25FN2O4/c1-16(29-18-10-8-17(28-2)9-11-18)21(26)24-12-5-13-25(15-14-24)22(27)19-6-3-4-7-20(19)23/h3-4,6-11,16H,5,12-15H2,1-2H3. The Bertz CT molecular complexity index is 856. The lowest BCUT2D eigenvalue weighted by molar-refractivity contribution is -0.137. The summed E-state index contributed by atoms with van der Waals surface area (Å²) in [5, 5.41) is 0. The summed E-state index contributed by atoms with van der Waals surface area (Å²) in [6, 6.07) is 13.0. The molecule has 2 amide bonds. The summed E-state index contributed by atoms with van der Waals surface area (Å²) >= 11 is 0. The molecule has 2 aromatic carbocycles. The summed E-state index contributed by atoms with van der Waals surface area (Å²) in [5.41, 5.74) is 0.0588. The number of nitrogens with zero attached hydrogens (tertiary/aromatic N) is 2. The van der Waals surface area contributed by atoms with E-state index in [1.54, 1.807) is 60.2 Å². The predicted molar refractivity (Wildman–Crippen MR) is 107 cm³/mol. The first-order valence-electron chi connectivity index (χ1n) is 9.63. The average Bonchev–Trinajstić information content (AvgIpc) is 3.00. The van der Waals surface area contributed by atoms with E-state index < -0.39 is 11.9 Å². The molecule has 1 atom stereocenters. The maximum atomic E-state index is 13.9. The lowest BCUT2D eigenvalue weighted by Crippen LogP contribution is -2.43. The van der Waals surface area contributed by atoms with Crippen molar-refractivity contribution in [2.24, 2.45) is 0 Å². The SMILES string of the molecule is COc1ccc(OC(C)C(=O)N2CCCN(C(=O)c3ccccc3F)CC2)cc1. The van der Waals surface area contributed by atoms with Gasteiger partial charge in [-0.05, 0) is 49.7 Å². The topological polar surface area (TPSA) is 59.1 Å². The molecule has 0 bridgehead atoms. The molecular weight excluding hydrogens is 375 g/mol. The Morgan fingerprint density at radius 3 is 2.24 bits per heavy atom. The molecule has 3 rings (SSSR count). The van der Waals surface area contributed by atoms with Gasteiger partial charge in [-0.2, -0.15) is 0 Å². The van der Waals surface area contributed by atoms with Crippen molar-refractivity contribution in [1.29, 1.82) is 0 Å². The van der Waals surface area contributed by atoms with Crippen LogP contribution in [0.3, 0.4) is 0 Å². The van der Waals surface area contributed by atoms with Crippen LogP contribution in [0.4, 0.5) is 4.39 Å². The van der Waals surface area contributed by atoms with E-state index in [0.717, 1.165) is 0 Å². The molecule has 1 fully saturated rings. The number of methoxy groups -OCH3 is 1. The zero-order valence-corrected chi connectivity index (χ0v) is 16.6. The maximum Gasteiger partial charge on any atom is 0.263 e. The van der Waals surface area contributed by atoms with Gasteiger partial charge < -0.3 is 19.3 Å². The van der Waals surface area contributed by atoms with Crippen LogP contribution in [0.25, 0.3) is 0 Å². The molecule has 1 saturated heterocycles. The van der Waals surface area contributed by atoms with Gasteiger partial charge in [0.1, 0.15) is 17.3 Å². The number of ether oxygens (including phenoxy) is 2. The van der Waals surface area contributed by atoms with E-state index in [0.29, 0.717) is 44.1 Å². The van der Waals surface area contributed by atoms with E-state index in [4.69, 9.17) is 9.47 Å². The molecule has 1 aliphatic rings. The van der Waals surface area contributed by atoms with Gasteiger partial charge in [0.25, 0.3) is 11.8 Å². The fourth-order valence-electron chi connectivity index (χ4n) is 3.31. The smallest absolute Gasteiger partial charge is 0.263 e. The molecule has 7 heteroatoms. The normalized spacial score (nSPS) is 15.4. The van der Waals surface area contributed by atoms with Crippen molar-refractivity contribution in [3.05, 3.63) is 59.9 Å². The number of benzene rings is 2. The molecule has 1 heterocycles. The highest BCUT2D eigenvalue weighted by molar-refractivity contribution is 5.94. The lowest BCUT2D eigenvalue weighted by atomic mass is 10.2. The third-order valence-corrected chi connectivity index (χ3v) is 4.92. The van der Waals surface area contributed by atoms with E-state index in [9.17, 15) is 14.0 Å². The van der Waals surface area contributed by atoms with Crippen molar-refractivity contribution in [2.45, 2.75) is 19.4 Å². The minimum atomic E-state index is -0.655. The lowest BCUT2D eigenvalue weighted by Gasteiger charge is -2.25. The van der Waals surface area contributed by atoms with Crippen molar-refractivity contribution < 1.29 is 23.5 Å². The fourth-order valence-corrected chi connectivity index (χ4v) is 3.31. The fraction of sp³-hybridized carbons (Fsp3) is 0.364. The summed E-state index contributed by atoms with van der Waals surface area (Å²) in [5.74, 6) is 0.276. The van der Waals surface area contributed by atoms with Crippen molar-refractivity contribution >= 4 is 11.8 Å². The largest absolute Gasteiger partial charge is 0.497 e. The minimum absolute atomic E-state index is 0.0588. The van der Waals surface area contributed by atoms with Gasteiger partial charge in [0, 0.05) is 26.2 Å². The molecule has 2 aromatic rings. The van der Waals surface area contributed by atoms with Gasteiger partial charge in [-0.1, -0.05) is 12.1 Å². The highest BCUT2D eigenvalue weighted by Crippen LogP contribution is 2.19. The Kier molecular flexibility index (Phi) is 6.69. The van der Waals surface area contributed by atoms with Gasteiger partial charge in [0.05, 0.1) is 12.7 Å². The Balaban J connectivity index is 1.58. The number of hydrogen-bond donors (Lipinski definition) is 0. The van der Waals surface area contributed by atoms with Gasteiger partial charge in [-0.15, -0.1) is 0 Å². The quantitative estimate of drug-likeness (QED) is 0.774. The molecule has 0 spiro atoms. The van der Waals surface area contributed by atoms with E-state index in [-0.39, 0.29) is 17.4 Å². The van der Waals surface area contributed by atoms with Crippen molar-refractivity contribution in [3.8, 4) is 11.5 Å². The number of rotatable bonds is 5. The van der Waals surface area contributed by atoms with Gasteiger partial charge in [0.2, 0.25) is 0 Å². The number of halogens is 1. The predicted octanol–water partition coefficient (Wildman–Crippen LogP) is 2.98. The van der Waals surface area contributed by atoms with Crippen molar-refractivity contribution in [3.63, 3.8) is 0 Å². The maximum absolute atomic E-state index is 13.9. The third kappa shape index (κ3) is 5.04. The Morgan fingerprint density at radius 2 is 1.55 bits per heavy atom. The van der Waals surface area contributed by atoms with Crippen LogP contribution in [0.15, 0.2) is 48.5 Å². The first kappa shape index (κ1) is 20.6. The van der Waals surface area contributed by atoms with Gasteiger partial charge in [0.15, 0.2) is 6.10 Å². The third-order valence-electron chi connectivity index (χ3n) is 4.92. The Hall–Kier alpha value is -3.09. The summed E-state index contributed by atoms with van der Waals surface area (Å²) in [6.07, 6.45) is -0.0292. The second-order valence-corrected chi connectivity index (χ2v) is 6.89. The summed E-state index contributed by atoms with van der Waals surface area (Å²) in [6.45, 7) is 3.45. The molecule has 154 valence electrons. The zero-order chi connectivity index (χ0) is 20.8. The number of carbonyl (C=O) groups is 2. The highest BCUT2D eigenvalue weighted by Gasteiger charge is 2.27. The molecule has 0 N–H and O–H groups in total. The molecule has 0 saturated carbocycles. The van der Waals surface area contributed by atoms with E-state index in [1.165, 1.54) is 12.1 Å². The molecular formula is C22H25FN2O4. The van der Waals surface area contributed by atoms with Crippen LogP contribution in [-0.4, -0.2) is 61.0 Å². The monoisotopic (exact) mass is 400 g/mol. The van der Waals surface area contributed by atoms with Crippen LogP contribution in [0, 0.1) is 5.82 Å². The van der Waals surface area contributed by atoms with Gasteiger partial charge in [-0.3, -0.25) is 9.59 Å². The number of hydrogen-bond acceptors (Lipinski definition) is 4. The highest BCUT2D eigenvalue weighted by atomic mass is 19.1. The second kappa shape index (κ2) is 9.41. The molecule has 29 heavy (non-hydrogen) atoms. The van der Waals surface area contributed by atoms with Crippen LogP contribution < -0.4 is 9.47 Å². The van der Waals surface area contributed by atoms with Crippen LogP contribution >= 0.6 is 0 Å². The van der Waals surface area contributed by atoms with Gasteiger partial charge in [-0.25, -0.2) is 4.39 Å². The van der Waals surface area contributed by atoms with Gasteiger partial charge >= 0.3 is 0 Å². The first-order valence-corrected chi connectivity index (χ1v) is 9.63. The van der Waals surface area contributed by atoms with Crippen molar-refractivity contribution in [1.82, 2.24) is 9.80 Å². The molecule has 1 unspecified atom stereocenters. The number of amides is 2. The average molecular weight is 400 g/mol. The summed E-state index contributed by atoms with van der Waals surface area (Å²) in [7, 11) is 1.58. The number of carbonyl (C=O) groups excluding carboxylic acids is 2. The summed E-state index contributed by atoms with van der Waals surface area (Å²) in [4.78, 5) is 28.7. The summed E-state index contributed by atoms with van der Waals surface area (Å²) < 4.78 is 24.8. The first-order chi connectivity index (χ1) is 14.0. The minimum Gasteiger partial charge on any atom is -0.497 e. The molecule has 0 aromatic heterocycles. The van der Waals surface area contributed by atoms with Crippen LogP contribution in [0.2, 0.25) is 0 Å². The Labute approximate surface area is 169 Å². The van der Waals surface area contributed by atoms with Crippen LogP contribution in [0.5, 0.6) is 11.5 Å². The van der Waals surface area contributed by atoms with Crippen LogP contribution in [0.1, 0.15) is 23.7 Å². The molecule has 6 nitrogen and oxygen atoms in total. The Morgan fingerprint density at radius 1 is 0.931 bits per heavy atom. The molecule has 0 aliphatic carbocycles.